The van der Waals surface area contributed by atoms with Gasteiger partial charge in [0.1, 0.15) is 12.0 Å². The van der Waals surface area contributed by atoms with E-state index in [2.05, 4.69) is 57.0 Å². The highest BCUT2D eigenvalue weighted by Crippen LogP contribution is 2.46. The van der Waals surface area contributed by atoms with Crippen molar-refractivity contribution in [2.24, 2.45) is 5.41 Å². The van der Waals surface area contributed by atoms with Gasteiger partial charge in [0.25, 0.3) is 0 Å². The summed E-state index contributed by atoms with van der Waals surface area (Å²) in [6.45, 7) is 4.20. The molecule has 0 aromatic heterocycles. The number of hydrogen-bond acceptors (Lipinski definition) is 4. The molecule has 24 heavy (non-hydrogen) atoms. The molecule has 3 atom stereocenters. The van der Waals surface area contributed by atoms with Gasteiger partial charge in [-0.1, -0.05) is 34.5 Å². The van der Waals surface area contributed by atoms with Crippen molar-refractivity contribution in [3.8, 4) is 0 Å². The van der Waals surface area contributed by atoms with Crippen LogP contribution in [0.15, 0.2) is 28.7 Å². The number of rotatable bonds is 1. The number of cyclic esters (lactones) is 1. The number of likely N-dealkylation sites (tertiary alicyclic amines) is 1. The van der Waals surface area contributed by atoms with Gasteiger partial charge in [-0.2, -0.15) is 0 Å². The van der Waals surface area contributed by atoms with Gasteiger partial charge >= 0.3 is 5.97 Å². The lowest BCUT2D eigenvalue weighted by Crippen LogP contribution is -2.49. The second-order valence-electron chi connectivity index (χ2n) is 7.68. The molecule has 0 radical (unpaired) electrons. The van der Waals surface area contributed by atoms with Gasteiger partial charge in [-0.25, -0.2) is 0 Å². The zero-order chi connectivity index (χ0) is 16.7. The van der Waals surface area contributed by atoms with Gasteiger partial charge < -0.3 is 9.64 Å². The standard InChI is InChI=1S/C19H25BrN2O2/c1-21-10-17(14-5-7-15(20)8-6-14)19(12-21)13-22-9-3-2-4-16(22)11-24-18(19)23/h5-8,16-17H,2-4,9-13H2,1H3. The lowest BCUT2D eigenvalue weighted by Gasteiger charge is -2.38. The summed E-state index contributed by atoms with van der Waals surface area (Å²) in [4.78, 5) is 17.9. The van der Waals surface area contributed by atoms with Crippen LogP contribution < -0.4 is 0 Å². The van der Waals surface area contributed by atoms with Gasteiger partial charge in [0.15, 0.2) is 0 Å². The number of ether oxygens (including phenoxy) is 1. The van der Waals surface area contributed by atoms with Crippen molar-refractivity contribution in [1.82, 2.24) is 9.80 Å². The number of fused-ring (bicyclic) bond motifs is 1. The third-order valence-corrected chi connectivity index (χ3v) is 6.56. The summed E-state index contributed by atoms with van der Waals surface area (Å²) in [5.74, 6) is 0.206. The molecule has 3 aliphatic heterocycles. The van der Waals surface area contributed by atoms with E-state index in [1.54, 1.807) is 0 Å². The number of carbonyl (C=O) groups excluding carboxylic acids is 1. The van der Waals surface area contributed by atoms with Crippen molar-refractivity contribution < 1.29 is 9.53 Å². The largest absolute Gasteiger partial charge is 0.464 e. The van der Waals surface area contributed by atoms with Crippen molar-refractivity contribution >= 4 is 21.9 Å². The Morgan fingerprint density at radius 3 is 2.79 bits per heavy atom. The molecule has 3 heterocycles. The van der Waals surface area contributed by atoms with Gasteiger partial charge in [0.2, 0.25) is 0 Å². The van der Waals surface area contributed by atoms with Crippen LogP contribution in [0.5, 0.6) is 0 Å². The summed E-state index contributed by atoms with van der Waals surface area (Å²) < 4.78 is 6.89. The Balaban J connectivity index is 1.71. The molecule has 0 saturated carbocycles. The Morgan fingerprint density at radius 2 is 2.00 bits per heavy atom. The van der Waals surface area contributed by atoms with E-state index in [4.69, 9.17) is 4.74 Å². The van der Waals surface area contributed by atoms with Crippen LogP contribution in [-0.4, -0.2) is 61.6 Å². The maximum Gasteiger partial charge on any atom is 0.315 e. The maximum atomic E-state index is 13.1. The topological polar surface area (TPSA) is 32.8 Å². The Morgan fingerprint density at radius 1 is 1.21 bits per heavy atom. The first-order valence-corrected chi connectivity index (χ1v) is 9.73. The summed E-state index contributed by atoms with van der Waals surface area (Å²) >= 11 is 3.51. The van der Waals surface area contributed by atoms with Crippen LogP contribution >= 0.6 is 15.9 Å². The molecular weight excluding hydrogens is 368 g/mol. The molecule has 3 saturated heterocycles. The Bertz CT molecular complexity index is 620. The van der Waals surface area contributed by atoms with E-state index in [1.165, 1.54) is 18.4 Å². The number of esters is 1. The summed E-state index contributed by atoms with van der Waals surface area (Å²) in [5.41, 5.74) is 0.809. The average molecular weight is 393 g/mol. The Labute approximate surface area is 152 Å². The maximum absolute atomic E-state index is 13.1. The summed E-state index contributed by atoms with van der Waals surface area (Å²) in [6.07, 6.45) is 3.64. The van der Waals surface area contributed by atoms with Gasteiger partial charge in [-0.15, -0.1) is 0 Å². The van der Waals surface area contributed by atoms with Crippen LogP contribution in [0.3, 0.4) is 0 Å². The molecule has 4 nitrogen and oxygen atoms in total. The zero-order valence-electron chi connectivity index (χ0n) is 14.2. The van der Waals surface area contributed by atoms with Crippen LogP contribution in [0.2, 0.25) is 0 Å². The summed E-state index contributed by atoms with van der Waals surface area (Å²) in [5, 5.41) is 0. The lowest BCUT2D eigenvalue weighted by atomic mass is 9.73. The van der Waals surface area contributed by atoms with Crippen molar-refractivity contribution in [3.63, 3.8) is 0 Å². The fourth-order valence-electron chi connectivity index (χ4n) is 4.83. The minimum atomic E-state index is -0.436. The summed E-state index contributed by atoms with van der Waals surface area (Å²) in [7, 11) is 2.12. The molecule has 0 aliphatic carbocycles. The minimum absolute atomic E-state index is 0.00849. The smallest absolute Gasteiger partial charge is 0.315 e. The predicted molar refractivity (Wildman–Crippen MR) is 97.0 cm³/mol. The molecule has 3 unspecified atom stereocenters. The number of hydrogen-bond donors (Lipinski definition) is 0. The molecule has 5 heteroatoms. The number of likely N-dealkylation sites (N-methyl/N-ethyl adjacent to an activating group) is 1. The van der Waals surface area contributed by atoms with E-state index in [-0.39, 0.29) is 11.9 Å². The second kappa shape index (κ2) is 6.43. The predicted octanol–water partition coefficient (Wildman–Crippen LogP) is 2.88. The normalized spacial score (nSPS) is 34.8. The van der Waals surface area contributed by atoms with Crippen LogP contribution in [0.4, 0.5) is 0 Å². The first-order chi connectivity index (χ1) is 11.6. The van der Waals surface area contributed by atoms with Crippen LogP contribution in [-0.2, 0) is 9.53 Å². The molecular formula is C19H25BrN2O2. The first kappa shape index (κ1) is 16.6. The molecule has 1 aromatic rings. The molecule has 4 rings (SSSR count). The van der Waals surface area contributed by atoms with Crippen LogP contribution in [0.1, 0.15) is 30.7 Å². The molecule has 0 bridgehead atoms. The van der Waals surface area contributed by atoms with Crippen LogP contribution in [0, 0.1) is 5.41 Å². The SMILES string of the molecule is CN1CC(c2ccc(Br)cc2)C2(C1)CN1CCCCC1COC2=O. The number of carbonyl (C=O) groups is 1. The van der Waals surface area contributed by atoms with Gasteiger partial charge in [0.05, 0.1) is 0 Å². The molecule has 0 N–H and O–H groups in total. The average Bonchev–Trinajstić information content (AvgIpc) is 2.84. The van der Waals surface area contributed by atoms with Crippen LogP contribution in [0.25, 0.3) is 0 Å². The van der Waals surface area contributed by atoms with Gasteiger partial charge in [-0.05, 0) is 44.1 Å². The number of nitrogens with zero attached hydrogens (tertiary/aromatic N) is 2. The first-order valence-electron chi connectivity index (χ1n) is 8.94. The van der Waals surface area contributed by atoms with Gasteiger partial charge in [-0.3, -0.25) is 9.69 Å². The Kier molecular flexibility index (Phi) is 4.43. The molecule has 1 aromatic carbocycles. The van der Waals surface area contributed by atoms with E-state index in [0.717, 1.165) is 37.1 Å². The summed E-state index contributed by atoms with van der Waals surface area (Å²) in [6, 6.07) is 8.88. The highest BCUT2D eigenvalue weighted by molar-refractivity contribution is 9.10. The van der Waals surface area contributed by atoms with Crippen molar-refractivity contribution in [3.05, 3.63) is 34.3 Å². The third kappa shape index (κ3) is 2.80. The minimum Gasteiger partial charge on any atom is -0.464 e. The third-order valence-electron chi connectivity index (χ3n) is 6.03. The molecule has 0 amide bonds. The van der Waals surface area contributed by atoms with E-state index in [0.29, 0.717) is 12.6 Å². The molecule has 130 valence electrons. The fourth-order valence-corrected chi connectivity index (χ4v) is 5.09. The van der Waals surface area contributed by atoms with Gasteiger partial charge in [0, 0.05) is 36.1 Å². The molecule has 1 spiro atoms. The fraction of sp³-hybridized carbons (Fsp3) is 0.632. The number of piperidine rings is 1. The Hall–Kier alpha value is -0.910. The van der Waals surface area contributed by atoms with E-state index in [9.17, 15) is 4.79 Å². The van der Waals surface area contributed by atoms with E-state index in [1.807, 2.05) is 0 Å². The molecule has 3 fully saturated rings. The van der Waals surface area contributed by atoms with E-state index >= 15 is 0 Å². The van der Waals surface area contributed by atoms with E-state index < -0.39 is 5.41 Å². The van der Waals surface area contributed by atoms with Crippen molar-refractivity contribution in [1.29, 1.82) is 0 Å². The number of halogens is 1. The molecule has 3 aliphatic rings. The highest BCUT2D eigenvalue weighted by Gasteiger charge is 2.55. The lowest BCUT2D eigenvalue weighted by molar-refractivity contribution is -0.154. The van der Waals surface area contributed by atoms with Crippen molar-refractivity contribution in [2.45, 2.75) is 31.2 Å². The number of benzene rings is 1. The quantitative estimate of drug-likeness (QED) is 0.687. The highest BCUT2D eigenvalue weighted by atomic mass is 79.9. The monoisotopic (exact) mass is 392 g/mol. The van der Waals surface area contributed by atoms with Crippen molar-refractivity contribution in [2.75, 3.05) is 39.8 Å². The second-order valence-corrected chi connectivity index (χ2v) is 8.59. The zero-order valence-corrected chi connectivity index (χ0v) is 15.8.